The minimum absolute atomic E-state index is 0.00633. The number of hydrogen-bond acceptors (Lipinski definition) is 4. The van der Waals surface area contributed by atoms with E-state index in [0.717, 1.165) is 4.90 Å². The Morgan fingerprint density at radius 1 is 1.16 bits per heavy atom. The molecular formula is C22H22F3N3O3S. The number of halogens is 3. The number of anilines is 2. The van der Waals surface area contributed by atoms with Gasteiger partial charge in [0.1, 0.15) is 6.54 Å². The zero-order valence-corrected chi connectivity index (χ0v) is 18.3. The van der Waals surface area contributed by atoms with Crippen LogP contribution in [0, 0.1) is 12.8 Å². The lowest BCUT2D eigenvalue weighted by atomic mass is 10.1. The third-order valence-corrected chi connectivity index (χ3v) is 5.83. The summed E-state index contributed by atoms with van der Waals surface area (Å²) in [4.78, 5) is 39.9. The Bertz CT molecular complexity index is 1030. The highest BCUT2D eigenvalue weighted by atomic mass is 32.2. The number of nitrogens with one attached hydrogen (secondary N) is 2. The van der Waals surface area contributed by atoms with Gasteiger partial charge in [-0.15, -0.1) is 11.8 Å². The number of alkyl halides is 3. The maximum absolute atomic E-state index is 12.8. The number of benzene rings is 2. The molecule has 2 aromatic carbocycles. The molecule has 10 heteroatoms. The summed E-state index contributed by atoms with van der Waals surface area (Å²) < 4.78 is 37.0. The van der Waals surface area contributed by atoms with Crippen molar-refractivity contribution in [3.63, 3.8) is 0 Å². The molecule has 1 atom stereocenters. The first-order chi connectivity index (χ1) is 15.1. The smallest absolute Gasteiger partial charge is 0.343 e. The predicted molar refractivity (Wildman–Crippen MR) is 117 cm³/mol. The fourth-order valence-corrected chi connectivity index (χ4v) is 3.72. The predicted octanol–water partition coefficient (Wildman–Crippen LogP) is 4.00. The quantitative estimate of drug-likeness (QED) is 0.633. The highest BCUT2D eigenvalue weighted by Gasteiger charge is 2.35. The topological polar surface area (TPSA) is 78.5 Å². The molecule has 0 spiro atoms. The van der Waals surface area contributed by atoms with Crippen LogP contribution >= 0.6 is 11.8 Å². The molecule has 0 aliphatic carbocycles. The fraction of sp³-hybridized carbons (Fsp3) is 0.318. The molecule has 0 saturated carbocycles. The van der Waals surface area contributed by atoms with Gasteiger partial charge in [-0.05, 0) is 55.1 Å². The number of carbonyl (C=O) groups is 3. The van der Waals surface area contributed by atoms with E-state index in [1.54, 1.807) is 28.9 Å². The molecule has 1 saturated heterocycles. The van der Waals surface area contributed by atoms with Crippen molar-refractivity contribution in [2.45, 2.75) is 24.4 Å². The van der Waals surface area contributed by atoms with Crippen molar-refractivity contribution in [1.82, 2.24) is 5.32 Å². The molecule has 170 valence electrons. The SMILES string of the molecule is CSc1ccc(N2CC(C(=O)Nc3cc(C(=O)NCC(F)(F)F)ccc3C)CC2=O)cc1. The highest BCUT2D eigenvalue weighted by Crippen LogP contribution is 2.28. The summed E-state index contributed by atoms with van der Waals surface area (Å²) in [6, 6.07) is 11.7. The van der Waals surface area contributed by atoms with Crippen LogP contribution in [0.5, 0.6) is 0 Å². The molecule has 1 fully saturated rings. The standard InChI is InChI=1S/C22H22F3N3O3S/c1-13-3-4-14(20(30)26-12-22(23,24)25)9-18(13)27-21(31)15-10-19(29)28(11-15)16-5-7-17(32-2)8-6-16/h3-9,15H,10-12H2,1-2H3,(H,26,30)(H,27,31). The lowest BCUT2D eigenvalue weighted by molar-refractivity contribution is -0.123. The van der Waals surface area contributed by atoms with Gasteiger partial charge < -0.3 is 15.5 Å². The second-order valence-electron chi connectivity index (χ2n) is 7.42. The molecule has 3 rings (SSSR count). The number of rotatable bonds is 6. The van der Waals surface area contributed by atoms with Crippen molar-refractivity contribution in [3.05, 3.63) is 53.6 Å². The minimum Gasteiger partial charge on any atom is -0.343 e. The number of thioether (sulfide) groups is 1. The van der Waals surface area contributed by atoms with Crippen molar-refractivity contribution in [2.24, 2.45) is 5.92 Å². The molecule has 0 radical (unpaired) electrons. The Kier molecular flexibility index (Phi) is 7.12. The molecule has 6 nitrogen and oxygen atoms in total. The van der Waals surface area contributed by atoms with Gasteiger partial charge in [0, 0.05) is 34.8 Å². The first-order valence-corrected chi connectivity index (χ1v) is 11.0. The first-order valence-electron chi connectivity index (χ1n) is 9.78. The monoisotopic (exact) mass is 465 g/mol. The molecule has 0 bridgehead atoms. The number of carbonyl (C=O) groups excluding carboxylic acids is 3. The summed E-state index contributed by atoms with van der Waals surface area (Å²) in [5.41, 5.74) is 1.65. The van der Waals surface area contributed by atoms with Gasteiger partial charge in [-0.3, -0.25) is 14.4 Å². The second-order valence-corrected chi connectivity index (χ2v) is 8.30. The van der Waals surface area contributed by atoms with E-state index in [-0.39, 0.29) is 24.4 Å². The Morgan fingerprint density at radius 2 is 1.84 bits per heavy atom. The van der Waals surface area contributed by atoms with Crippen LogP contribution in [-0.4, -0.2) is 43.2 Å². The Balaban J connectivity index is 1.67. The van der Waals surface area contributed by atoms with Crippen LogP contribution in [0.2, 0.25) is 0 Å². The fourth-order valence-electron chi connectivity index (χ4n) is 3.31. The highest BCUT2D eigenvalue weighted by molar-refractivity contribution is 7.98. The zero-order valence-electron chi connectivity index (χ0n) is 17.5. The molecule has 32 heavy (non-hydrogen) atoms. The Labute approximate surface area is 187 Å². The van der Waals surface area contributed by atoms with E-state index < -0.39 is 30.5 Å². The van der Waals surface area contributed by atoms with Crippen LogP contribution in [0.15, 0.2) is 47.4 Å². The summed E-state index contributed by atoms with van der Waals surface area (Å²) in [5, 5.41) is 4.51. The first kappa shape index (κ1) is 23.6. The third kappa shape index (κ3) is 5.82. The average Bonchev–Trinajstić information content (AvgIpc) is 3.15. The van der Waals surface area contributed by atoms with Gasteiger partial charge >= 0.3 is 6.18 Å². The van der Waals surface area contributed by atoms with Crippen LogP contribution in [0.3, 0.4) is 0 Å². The van der Waals surface area contributed by atoms with Gasteiger partial charge in [0.2, 0.25) is 11.8 Å². The molecule has 1 aliphatic rings. The molecule has 1 heterocycles. The van der Waals surface area contributed by atoms with Gasteiger partial charge in [-0.2, -0.15) is 13.2 Å². The van der Waals surface area contributed by atoms with E-state index in [9.17, 15) is 27.6 Å². The molecule has 2 aromatic rings. The molecule has 2 N–H and O–H groups in total. The van der Waals surface area contributed by atoms with Gasteiger partial charge in [0.15, 0.2) is 0 Å². The number of hydrogen-bond donors (Lipinski definition) is 2. The number of nitrogens with zero attached hydrogens (tertiary/aromatic N) is 1. The van der Waals surface area contributed by atoms with Crippen LogP contribution < -0.4 is 15.5 Å². The number of amides is 3. The Morgan fingerprint density at radius 3 is 2.47 bits per heavy atom. The van der Waals surface area contributed by atoms with Crippen molar-refractivity contribution < 1.29 is 27.6 Å². The summed E-state index contributed by atoms with van der Waals surface area (Å²) in [6.07, 6.45) is -2.53. The molecule has 1 aliphatic heterocycles. The van der Waals surface area contributed by atoms with Gasteiger partial charge in [0.05, 0.1) is 5.92 Å². The Hall–Kier alpha value is -3.01. The summed E-state index contributed by atoms with van der Waals surface area (Å²) >= 11 is 1.58. The van der Waals surface area contributed by atoms with Crippen LogP contribution in [0.1, 0.15) is 22.3 Å². The van der Waals surface area contributed by atoms with Crippen molar-refractivity contribution in [3.8, 4) is 0 Å². The molecule has 1 unspecified atom stereocenters. The lowest BCUT2D eigenvalue weighted by Gasteiger charge is -2.17. The second kappa shape index (κ2) is 9.64. The summed E-state index contributed by atoms with van der Waals surface area (Å²) in [6.45, 7) is 0.472. The molecular weight excluding hydrogens is 443 g/mol. The van der Waals surface area contributed by atoms with Gasteiger partial charge in [-0.1, -0.05) is 6.07 Å². The number of aryl methyl sites for hydroxylation is 1. The van der Waals surface area contributed by atoms with Crippen molar-refractivity contribution >= 4 is 40.9 Å². The van der Waals surface area contributed by atoms with Crippen LogP contribution in [-0.2, 0) is 9.59 Å². The largest absolute Gasteiger partial charge is 0.405 e. The molecule has 3 amide bonds. The molecule has 0 aromatic heterocycles. The maximum Gasteiger partial charge on any atom is 0.405 e. The van der Waals surface area contributed by atoms with E-state index in [1.807, 2.05) is 30.5 Å². The summed E-state index contributed by atoms with van der Waals surface area (Å²) in [5.74, 6) is -2.05. The van der Waals surface area contributed by atoms with E-state index in [4.69, 9.17) is 0 Å². The minimum atomic E-state index is -4.52. The van der Waals surface area contributed by atoms with E-state index in [0.29, 0.717) is 16.9 Å². The van der Waals surface area contributed by atoms with E-state index in [1.165, 1.54) is 18.2 Å². The zero-order chi connectivity index (χ0) is 23.5. The van der Waals surface area contributed by atoms with Crippen molar-refractivity contribution in [1.29, 1.82) is 0 Å². The van der Waals surface area contributed by atoms with E-state index in [2.05, 4.69) is 5.32 Å². The lowest BCUT2D eigenvalue weighted by Crippen LogP contribution is -2.33. The average molecular weight is 465 g/mol. The van der Waals surface area contributed by atoms with Gasteiger partial charge in [0.25, 0.3) is 5.91 Å². The van der Waals surface area contributed by atoms with E-state index >= 15 is 0 Å². The van der Waals surface area contributed by atoms with Crippen LogP contribution in [0.25, 0.3) is 0 Å². The maximum atomic E-state index is 12.8. The summed E-state index contributed by atoms with van der Waals surface area (Å²) in [7, 11) is 0. The van der Waals surface area contributed by atoms with Gasteiger partial charge in [-0.25, -0.2) is 0 Å². The third-order valence-electron chi connectivity index (χ3n) is 5.09. The van der Waals surface area contributed by atoms with Crippen LogP contribution in [0.4, 0.5) is 24.5 Å². The van der Waals surface area contributed by atoms with Crippen molar-refractivity contribution in [2.75, 3.05) is 29.6 Å². The normalized spacial score (nSPS) is 16.2.